The van der Waals surface area contributed by atoms with E-state index < -0.39 is 5.97 Å². The van der Waals surface area contributed by atoms with Crippen LogP contribution in [0.2, 0.25) is 0 Å². The highest BCUT2D eigenvalue weighted by molar-refractivity contribution is 5.97. The molecule has 8 nitrogen and oxygen atoms in total. The van der Waals surface area contributed by atoms with Crippen molar-refractivity contribution < 1.29 is 23.9 Å². The molecule has 1 N–H and O–H groups in total. The van der Waals surface area contributed by atoms with Crippen LogP contribution in [0, 0.1) is 10.8 Å². The number of esters is 1. The third-order valence-electron chi connectivity index (χ3n) is 7.38. The summed E-state index contributed by atoms with van der Waals surface area (Å²) in [6, 6.07) is 6.59. The maximum absolute atomic E-state index is 13.1. The largest absolute Gasteiger partial charge is 0.462 e. The maximum atomic E-state index is 13.1. The normalized spacial score (nSPS) is 17.3. The zero-order valence-electron chi connectivity index (χ0n) is 21.8. The summed E-state index contributed by atoms with van der Waals surface area (Å²) in [7, 11) is 0. The molecule has 36 heavy (non-hydrogen) atoms. The second kappa shape index (κ2) is 10.5. The van der Waals surface area contributed by atoms with E-state index in [1.807, 2.05) is 27.7 Å². The molecule has 1 spiro atoms. The highest BCUT2D eigenvalue weighted by Gasteiger charge is 2.40. The lowest BCUT2D eigenvalue weighted by molar-refractivity contribution is 0.0159. The van der Waals surface area contributed by atoms with Crippen LogP contribution in [0.5, 0.6) is 0 Å². The van der Waals surface area contributed by atoms with Gasteiger partial charge >= 0.3 is 5.97 Å². The van der Waals surface area contributed by atoms with Crippen molar-refractivity contribution in [3.63, 3.8) is 0 Å². The van der Waals surface area contributed by atoms with Gasteiger partial charge in [0.2, 0.25) is 0 Å². The van der Waals surface area contributed by atoms with E-state index in [2.05, 4.69) is 5.32 Å². The third-order valence-corrected chi connectivity index (χ3v) is 7.38. The minimum Gasteiger partial charge on any atom is -0.462 e. The molecule has 1 fully saturated rings. The maximum Gasteiger partial charge on any atom is 0.338 e. The van der Waals surface area contributed by atoms with Crippen LogP contribution in [0.1, 0.15) is 89.4 Å². The third kappa shape index (κ3) is 5.53. The number of carbonyl (C=O) groups is 3. The fraction of sp³-hybridized carbons (Fsp3) is 0.571. The Balaban J connectivity index is 1.49. The van der Waals surface area contributed by atoms with Gasteiger partial charge in [0.25, 0.3) is 5.91 Å². The Morgan fingerprint density at radius 3 is 2.44 bits per heavy atom. The van der Waals surface area contributed by atoms with Crippen LogP contribution in [0.25, 0.3) is 0 Å². The summed E-state index contributed by atoms with van der Waals surface area (Å²) >= 11 is 0. The average Bonchev–Trinajstić information content (AvgIpc) is 3.14. The molecule has 2 aliphatic heterocycles. The van der Waals surface area contributed by atoms with E-state index in [-0.39, 0.29) is 29.1 Å². The Bertz CT molecular complexity index is 1130. The van der Waals surface area contributed by atoms with E-state index in [9.17, 15) is 14.4 Å². The van der Waals surface area contributed by atoms with Crippen molar-refractivity contribution in [2.75, 3.05) is 26.4 Å². The first-order chi connectivity index (χ1) is 17.2. The van der Waals surface area contributed by atoms with Crippen LogP contribution in [-0.2, 0) is 28.9 Å². The number of Topliss-reactive ketones (excluding diaryl/α,β-unsaturated/α-hetero) is 1. The Hall–Kier alpha value is -3.00. The molecule has 8 heteroatoms. The van der Waals surface area contributed by atoms with E-state index in [0.717, 1.165) is 30.5 Å². The van der Waals surface area contributed by atoms with E-state index >= 15 is 0 Å². The summed E-state index contributed by atoms with van der Waals surface area (Å²) in [6.45, 7) is 10.8. The van der Waals surface area contributed by atoms with E-state index in [1.54, 1.807) is 28.9 Å². The molecular weight excluding hydrogens is 458 g/mol. The smallest absolute Gasteiger partial charge is 0.338 e. The molecular formula is C28H37N3O5. The number of rotatable bonds is 8. The molecule has 1 saturated heterocycles. The number of ether oxygens (including phenoxy) is 2. The number of ketones is 1. The van der Waals surface area contributed by atoms with Crippen LogP contribution in [-0.4, -0.2) is 53.8 Å². The van der Waals surface area contributed by atoms with Crippen LogP contribution in [0.4, 0.5) is 0 Å². The Morgan fingerprint density at radius 1 is 1.14 bits per heavy atom. The fourth-order valence-corrected chi connectivity index (χ4v) is 5.15. The lowest BCUT2D eigenvalue weighted by Gasteiger charge is -2.36. The monoisotopic (exact) mass is 495 g/mol. The number of hydrogen-bond acceptors (Lipinski definition) is 6. The molecule has 2 aliphatic rings. The van der Waals surface area contributed by atoms with Crippen molar-refractivity contribution in [3.8, 4) is 0 Å². The van der Waals surface area contributed by atoms with E-state index in [0.29, 0.717) is 56.0 Å². The van der Waals surface area contributed by atoms with Gasteiger partial charge in [-0.15, -0.1) is 0 Å². The van der Waals surface area contributed by atoms with Crippen LogP contribution in [0.3, 0.4) is 0 Å². The molecule has 2 aromatic rings. The molecule has 194 valence electrons. The summed E-state index contributed by atoms with van der Waals surface area (Å²) in [6.07, 6.45) is 3.62. The fourth-order valence-electron chi connectivity index (χ4n) is 5.15. The second-order valence-corrected chi connectivity index (χ2v) is 10.8. The topological polar surface area (TPSA) is 99.5 Å². The number of hydrogen-bond donors (Lipinski definition) is 1. The van der Waals surface area contributed by atoms with Gasteiger partial charge in [0.1, 0.15) is 5.69 Å². The summed E-state index contributed by atoms with van der Waals surface area (Å²) in [5, 5.41) is 7.98. The number of fused-ring (bicyclic) bond motifs is 1. The Morgan fingerprint density at radius 2 is 1.81 bits per heavy atom. The van der Waals surface area contributed by atoms with Gasteiger partial charge in [0, 0.05) is 55.7 Å². The number of nitrogens with zero attached hydrogens (tertiary/aromatic N) is 2. The molecule has 0 aliphatic carbocycles. The predicted molar refractivity (Wildman–Crippen MR) is 135 cm³/mol. The van der Waals surface area contributed by atoms with Crippen molar-refractivity contribution in [1.82, 2.24) is 15.1 Å². The first-order valence-electron chi connectivity index (χ1n) is 12.9. The molecule has 1 amide bonds. The van der Waals surface area contributed by atoms with Gasteiger partial charge in [-0.05, 0) is 43.7 Å². The van der Waals surface area contributed by atoms with Crippen LogP contribution >= 0.6 is 0 Å². The first kappa shape index (κ1) is 26.1. The lowest BCUT2D eigenvalue weighted by atomic mass is 9.74. The number of carbonyl (C=O) groups excluding carboxylic acids is 3. The molecule has 3 heterocycles. The summed E-state index contributed by atoms with van der Waals surface area (Å²) in [5.74, 6) is -0.446. The van der Waals surface area contributed by atoms with E-state index in [1.165, 1.54) is 0 Å². The number of amides is 1. The van der Waals surface area contributed by atoms with E-state index in [4.69, 9.17) is 14.6 Å². The molecule has 0 atom stereocenters. The molecule has 4 rings (SSSR count). The van der Waals surface area contributed by atoms with Gasteiger partial charge in [-0.25, -0.2) is 4.79 Å². The van der Waals surface area contributed by atoms with Gasteiger partial charge in [-0.3, -0.25) is 14.3 Å². The standard InChI is InChI=1S/C28H37N3O5/c1-5-23(32)19-7-9-20(10-8-19)26(34)36-18-27(3,4)16-22-21-15-28(11-13-35-14-12-28)17-29-25(33)24(21)31(6-2)30-22/h7-10H,5-6,11-18H2,1-4H3,(H,29,33). The van der Waals surface area contributed by atoms with Gasteiger partial charge in [-0.1, -0.05) is 32.9 Å². The summed E-state index contributed by atoms with van der Waals surface area (Å²) in [5.41, 5.74) is 3.18. The van der Waals surface area contributed by atoms with Gasteiger partial charge in [0.05, 0.1) is 17.9 Å². The predicted octanol–water partition coefficient (Wildman–Crippen LogP) is 4.00. The number of aromatic nitrogens is 2. The zero-order valence-corrected chi connectivity index (χ0v) is 21.8. The summed E-state index contributed by atoms with van der Waals surface area (Å²) < 4.78 is 13.1. The van der Waals surface area contributed by atoms with Crippen molar-refractivity contribution in [2.45, 2.75) is 66.3 Å². The van der Waals surface area contributed by atoms with Gasteiger partial charge in [-0.2, -0.15) is 5.10 Å². The Labute approximate surface area is 212 Å². The number of nitrogens with one attached hydrogen (secondary N) is 1. The molecule has 1 aromatic carbocycles. The van der Waals surface area contributed by atoms with Crippen LogP contribution < -0.4 is 5.32 Å². The molecule has 0 saturated carbocycles. The molecule has 0 radical (unpaired) electrons. The highest BCUT2D eigenvalue weighted by atomic mass is 16.5. The first-order valence-corrected chi connectivity index (χ1v) is 12.9. The lowest BCUT2D eigenvalue weighted by Crippen LogP contribution is -2.40. The van der Waals surface area contributed by atoms with Crippen molar-refractivity contribution in [3.05, 3.63) is 52.3 Å². The second-order valence-electron chi connectivity index (χ2n) is 10.8. The molecule has 0 bridgehead atoms. The van der Waals surface area contributed by atoms with Crippen molar-refractivity contribution in [2.24, 2.45) is 10.8 Å². The van der Waals surface area contributed by atoms with Gasteiger partial charge < -0.3 is 14.8 Å². The summed E-state index contributed by atoms with van der Waals surface area (Å²) in [4.78, 5) is 37.6. The quantitative estimate of drug-likeness (QED) is 0.439. The molecule has 1 aromatic heterocycles. The SMILES string of the molecule is CCC(=O)c1ccc(C(=O)OCC(C)(C)Cc2nn(CC)c3c2CC2(CCOCC2)CNC3=O)cc1. The number of aryl methyl sites for hydroxylation is 1. The van der Waals surface area contributed by atoms with Crippen molar-refractivity contribution >= 4 is 17.7 Å². The van der Waals surface area contributed by atoms with Crippen molar-refractivity contribution in [1.29, 1.82) is 0 Å². The average molecular weight is 496 g/mol. The van der Waals surface area contributed by atoms with Crippen LogP contribution in [0.15, 0.2) is 24.3 Å². The highest BCUT2D eigenvalue weighted by Crippen LogP contribution is 2.38. The Kier molecular flexibility index (Phi) is 7.64. The molecule has 0 unspecified atom stereocenters. The minimum absolute atomic E-state index is 0.0164. The minimum atomic E-state index is -0.419. The zero-order chi connectivity index (χ0) is 25.9. The number of benzene rings is 1. The van der Waals surface area contributed by atoms with Gasteiger partial charge in [0.15, 0.2) is 5.78 Å².